The SMILES string of the molecule is Fc1ccc([C@@H](Cn2cnc3ccccc32)NCc2ccncc2)cc1. The van der Waals surface area contributed by atoms with Gasteiger partial charge in [0.25, 0.3) is 0 Å². The van der Waals surface area contributed by atoms with Crippen molar-refractivity contribution in [3.63, 3.8) is 0 Å². The van der Waals surface area contributed by atoms with Gasteiger partial charge in [0.05, 0.1) is 23.4 Å². The lowest BCUT2D eigenvalue weighted by molar-refractivity contribution is 0.466. The van der Waals surface area contributed by atoms with Gasteiger partial charge < -0.3 is 9.88 Å². The molecule has 0 fully saturated rings. The highest BCUT2D eigenvalue weighted by molar-refractivity contribution is 5.74. The molecule has 1 N–H and O–H groups in total. The van der Waals surface area contributed by atoms with Gasteiger partial charge >= 0.3 is 0 Å². The van der Waals surface area contributed by atoms with Crippen molar-refractivity contribution in [3.8, 4) is 0 Å². The fraction of sp³-hybridized carbons (Fsp3) is 0.143. The molecule has 0 aliphatic carbocycles. The van der Waals surface area contributed by atoms with Crippen LogP contribution in [0.4, 0.5) is 4.39 Å². The van der Waals surface area contributed by atoms with Crippen molar-refractivity contribution in [2.24, 2.45) is 0 Å². The first-order valence-corrected chi connectivity index (χ1v) is 8.57. The van der Waals surface area contributed by atoms with Crippen molar-refractivity contribution in [2.45, 2.75) is 19.1 Å². The molecule has 0 saturated carbocycles. The van der Waals surface area contributed by atoms with Crippen molar-refractivity contribution < 1.29 is 4.39 Å². The predicted molar refractivity (Wildman–Crippen MR) is 100.0 cm³/mol. The van der Waals surface area contributed by atoms with Gasteiger partial charge in [-0.3, -0.25) is 4.98 Å². The molecule has 0 unspecified atom stereocenters. The van der Waals surface area contributed by atoms with Crippen LogP contribution in [0, 0.1) is 5.82 Å². The van der Waals surface area contributed by atoms with E-state index >= 15 is 0 Å². The van der Waals surface area contributed by atoms with Gasteiger partial charge in [-0.2, -0.15) is 0 Å². The number of halogens is 1. The van der Waals surface area contributed by atoms with E-state index in [1.54, 1.807) is 12.4 Å². The highest BCUT2D eigenvalue weighted by Gasteiger charge is 2.14. The molecule has 0 bridgehead atoms. The Morgan fingerprint density at radius 2 is 1.73 bits per heavy atom. The summed E-state index contributed by atoms with van der Waals surface area (Å²) in [4.78, 5) is 8.52. The number of rotatable bonds is 6. The summed E-state index contributed by atoms with van der Waals surface area (Å²) >= 11 is 0. The smallest absolute Gasteiger partial charge is 0.123 e. The summed E-state index contributed by atoms with van der Waals surface area (Å²) in [5, 5.41) is 3.58. The Morgan fingerprint density at radius 1 is 0.962 bits per heavy atom. The number of hydrogen-bond acceptors (Lipinski definition) is 3. The quantitative estimate of drug-likeness (QED) is 0.571. The first kappa shape index (κ1) is 16.4. The third-order valence-corrected chi connectivity index (χ3v) is 4.48. The molecule has 0 radical (unpaired) electrons. The minimum Gasteiger partial charge on any atom is -0.329 e. The van der Waals surface area contributed by atoms with Crippen LogP contribution in [-0.4, -0.2) is 14.5 Å². The Kier molecular flexibility index (Phi) is 4.71. The van der Waals surface area contributed by atoms with Crippen molar-refractivity contribution in [2.75, 3.05) is 0 Å². The number of imidazole rings is 1. The normalized spacial score (nSPS) is 12.3. The van der Waals surface area contributed by atoms with Crippen molar-refractivity contribution >= 4 is 11.0 Å². The zero-order valence-corrected chi connectivity index (χ0v) is 14.2. The van der Waals surface area contributed by atoms with Crippen molar-refractivity contribution in [1.82, 2.24) is 19.9 Å². The molecule has 2 heterocycles. The third kappa shape index (κ3) is 3.63. The molecule has 0 saturated heterocycles. The van der Waals surface area contributed by atoms with E-state index in [0.29, 0.717) is 13.1 Å². The van der Waals surface area contributed by atoms with Gasteiger partial charge in [-0.1, -0.05) is 24.3 Å². The van der Waals surface area contributed by atoms with E-state index < -0.39 is 0 Å². The molecule has 4 aromatic rings. The van der Waals surface area contributed by atoms with Crippen molar-refractivity contribution in [3.05, 3.63) is 96.3 Å². The Hall–Kier alpha value is -3.05. The predicted octanol–water partition coefficient (Wildman–Crippen LogP) is 4.10. The van der Waals surface area contributed by atoms with E-state index in [4.69, 9.17) is 0 Å². The average molecular weight is 346 g/mol. The summed E-state index contributed by atoms with van der Waals surface area (Å²) in [6, 6.07) is 18.7. The van der Waals surface area contributed by atoms with Crippen LogP contribution in [0.1, 0.15) is 17.2 Å². The van der Waals surface area contributed by atoms with E-state index in [9.17, 15) is 4.39 Å². The topological polar surface area (TPSA) is 42.7 Å². The maximum Gasteiger partial charge on any atom is 0.123 e. The summed E-state index contributed by atoms with van der Waals surface area (Å²) < 4.78 is 15.5. The molecule has 4 rings (SSSR count). The second-order valence-corrected chi connectivity index (χ2v) is 6.23. The fourth-order valence-corrected chi connectivity index (χ4v) is 3.08. The molecule has 2 aromatic heterocycles. The van der Waals surface area contributed by atoms with Crippen LogP contribution < -0.4 is 5.32 Å². The zero-order valence-electron chi connectivity index (χ0n) is 14.2. The van der Waals surface area contributed by atoms with E-state index in [-0.39, 0.29) is 11.9 Å². The second kappa shape index (κ2) is 7.45. The third-order valence-electron chi connectivity index (χ3n) is 4.48. The number of benzene rings is 2. The Morgan fingerprint density at radius 3 is 2.54 bits per heavy atom. The van der Waals surface area contributed by atoms with Gasteiger partial charge in [0.15, 0.2) is 0 Å². The van der Waals surface area contributed by atoms with E-state index in [1.807, 2.05) is 48.8 Å². The molecule has 0 amide bonds. The average Bonchev–Trinajstić information content (AvgIpc) is 3.10. The first-order chi connectivity index (χ1) is 12.8. The Balaban J connectivity index is 1.60. The van der Waals surface area contributed by atoms with Gasteiger partial charge in [0.2, 0.25) is 0 Å². The molecule has 130 valence electrons. The minimum atomic E-state index is -0.227. The van der Waals surface area contributed by atoms with Gasteiger partial charge in [0, 0.05) is 25.5 Å². The zero-order chi connectivity index (χ0) is 17.8. The molecule has 5 heteroatoms. The highest BCUT2D eigenvalue weighted by atomic mass is 19.1. The molecular weight excluding hydrogens is 327 g/mol. The van der Waals surface area contributed by atoms with E-state index in [1.165, 1.54) is 12.1 Å². The lowest BCUT2D eigenvalue weighted by atomic mass is 10.1. The summed E-state index contributed by atoms with van der Waals surface area (Å²) in [7, 11) is 0. The number of aromatic nitrogens is 3. The maximum absolute atomic E-state index is 13.3. The standard InChI is InChI=1S/C21H19FN4/c22-18-7-5-17(6-8-18)20(24-13-16-9-11-23-12-10-16)14-26-15-25-19-3-1-2-4-21(19)26/h1-12,15,20,24H,13-14H2/t20-/m1/s1. The van der Waals surface area contributed by atoms with Crippen LogP contribution in [0.2, 0.25) is 0 Å². The van der Waals surface area contributed by atoms with Crippen LogP contribution in [0.25, 0.3) is 11.0 Å². The second-order valence-electron chi connectivity index (χ2n) is 6.23. The molecule has 0 aliphatic rings. The van der Waals surface area contributed by atoms with Crippen LogP contribution >= 0.6 is 0 Å². The van der Waals surface area contributed by atoms with Gasteiger partial charge in [0.1, 0.15) is 5.82 Å². The Bertz CT molecular complexity index is 980. The van der Waals surface area contributed by atoms with Crippen LogP contribution in [-0.2, 0) is 13.1 Å². The van der Waals surface area contributed by atoms with Crippen LogP contribution in [0.5, 0.6) is 0 Å². The van der Waals surface area contributed by atoms with E-state index in [2.05, 4.69) is 25.9 Å². The lowest BCUT2D eigenvalue weighted by Crippen LogP contribution is -2.25. The summed E-state index contributed by atoms with van der Waals surface area (Å²) in [6.07, 6.45) is 5.43. The molecule has 4 nitrogen and oxygen atoms in total. The van der Waals surface area contributed by atoms with Gasteiger partial charge in [-0.25, -0.2) is 9.37 Å². The molecule has 26 heavy (non-hydrogen) atoms. The van der Waals surface area contributed by atoms with Crippen LogP contribution in [0.15, 0.2) is 79.4 Å². The maximum atomic E-state index is 13.3. The largest absolute Gasteiger partial charge is 0.329 e. The summed E-state index contributed by atoms with van der Waals surface area (Å²) in [5.41, 5.74) is 4.26. The monoisotopic (exact) mass is 346 g/mol. The molecule has 1 atom stereocenters. The van der Waals surface area contributed by atoms with Gasteiger partial charge in [-0.05, 0) is 47.5 Å². The highest BCUT2D eigenvalue weighted by Crippen LogP contribution is 2.20. The summed E-state index contributed by atoms with van der Waals surface area (Å²) in [6.45, 7) is 1.41. The van der Waals surface area contributed by atoms with Crippen molar-refractivity contribution in [1.29, 1.82) is 0 Å². The number of pyridine rings is 1. The number of nitrogens with one attached hydrogen (secondary N) is 1. The number of fused-ring (bicyclic) bond motifs is 1. The number of nitrogens with zero attached hydrogens (tertiary/aromatic N) is 3. The molecular formula is C21H19FN4. The Labute approximate surface area is 151 Å². The molecule has 2 aromatic carbocycles. The molecule has 0 aliphatic heterocycles. The minimum absolute atomic E-state index is 0.0290. The number of hydrogen-bond donors (Lipinski definition) is 1. The first-order valence-electron chi connectivity index (χ1n) is 8.57. The van der Waals surface area contributed by atoms with E-state index in [0.717, 1.165) is 22.2 Å². The molecule has 0 spiro atoms. The number of para-hydroxylation sites is 2. The lowest BCUT2D eigenvalue weighted by Gasteiger charge is -2.20. The van der Waals surface area contributed by atoms with Crippen LogP contribution in [0.3, 0.4) is 0 Å². The van der Waals surface area contributed by atoms with Gasteiger partial charge in [-0.15, -0.1) is 0 Å². The summed E-state index contributed by atoms with van der Waals surface area (Å²) in [5.74, 6) is -0.227. The fourth-order valence-electron chi connectivity index (χ4n) is 3.08.